The van der Waals surface area contributed by atoms with Crippen LogP contribution in [0.5, 0.6) is 0 Å². The van der Waals surface area contributed by atoms with Gasteiger partial charge in [-0.3, -0.25) is 9.59 Å². The van der Waals surface area contributed by atoms with E-state index < -0.39 is 0 Å². The van der Waals surface area contributed by atoms with Crippen molar-refractivity contribution >= 4 is 17.5 Å². The number of hydrogen-bond acceptors (Lipinski definition) is 4. The highest BCUT2D eigenvalue weighted by molar-refractivity contribution is 5.95. The van der Waals surface area contributed by atoms with Gasteiger partial charge in [0.05, 0.1) is 6.20 Å². The number of aryl methyl sites for hydroxylation is 3. The highest BCUT2D eigenvalue weighted by atomic mass is 16.4. The maximum absolute atomic E-state index is 12.2. The van der Waals surface area contributed by atoms with Crippen LogP contribution in [0.4, 0.5) is 5.69 Å². The van der Waals surface area contributed by atoms with E-state index in [0.717, 1.165) is 5.56 Å². The zero-order chi connectivity index (χ0) is 20.1. The number of rotatable bonds is 6. The monoisotopic (exact) mass is 377 g/mol. The van der Waals surface area contributed by atoms with Crippen molar-refractivity contribution in [1.82, 2.24) is 10.3 Å². The summed E-state index contributed by atoms with van der Waals surface area (Å²) in [6, 6.07) is 12.8. The van der Waals surface area contributed by atoms with Crippen LogP contribution in [0.15, 0.2) is 53.1 Å². The standard InChI is InChI=1S/C22H23N3O3/c1-14-4-5-17(12-15(14)2)19-13-24-21(28-19)11-10-20(26)25-18-8-6-16(7-9-18)22(27)23-3/h4-9,12-13H,10-11H2,1-3H3,(H,23,27)(H,25,26). The molecule has 0 fully saturated rings. The van der Waals surface area contributed by atoms with E-state index in [0.29, 0.717) is 29.3 Å². The molecule has 1 aromatic heterocycles. The van der Waals surface area contributed by atoms with Crippen molar-refractivity contribution in [2.45, 2.75) is 26.7 Å². The van der Waals surface area contributed by atoms with Gasteiger partial charge in [0.15, 0.2) is 11.7 Å². The van der Waals surface area contributed by atoms with Crippen LogP contribution < -0.4 is 10.6 Å². The molecule has 0 aliphatic carbocycles. The Morgan fingerprint density at radius 1 is 1.04 bits per heavy atom. The van der Waals surface area contributed by atoms with Crippen molar-refractivity contribution in [3.8, 4) is 11.3 Å². The minimum absolute atomic E-state index is 0.140. The number of hydrogen-bond donors (Lipinski definition) is 2. The molecule has 6 heteroatoms. The van der Waals surface area contributed by atoms with Gasteiger partial charge < -0.3 is 15.1 Å². The van der Waals surface area contributed by atoms with E-state index in [2.05, 4.69) is 41.6 Å². The number of anilines is 1. The van der Waals surface area contributed by atoms with Crippen LogP contribution in [-0.2, 0) is 11.2 Å². The second kappa shape index (κ2) is 8.52. The predicted octanol–water partition coefficient (Wildman–Crippen LogP) is 3.89. The largest absolute Gasteiger partial charge is 0.441 e. The molecule has 2 aromatic carbocycles. The Hall–Kier alpha value is -3.41. The van der Waals surface area contributed by atoms with Gasteiger partial charge in [-0.1, -0.05) is 12.1 Å². The normalized spacial score (nSPS) is 10.5. The maximum atomic E-state index is 12.2. The van der Waals surface area contributed by atoms with Crippen molar-refractivity contribution in [3.05, 3.63) is 71.2 Å². The van der Waals surface area contributed by atoms with Crippen LogP contribution in [-0.4, -0.2) is 23.8 Å². The van der Waals surface area contributed by atoms with Gasteiger partial charge in [-0.25, -0.2) is 4.98 Å². The van der Waals surface area contributed by atoms with Crippen molar-refractivity contribution in [2.75, 3.05) is 12.4 Å². The molecule has 0 aliphatic rings. The van der Waals surface area contributed by atoms with Gasteiger partial charge in [-0.15, -0.1) is 0 Å². The van der Waals surface area contributed by atoms with Crippen molar-refractivity contribution in [1.29, 1.82) is 0 Å². The molecule has 28 heavy (non-hydrogen) atoms. The Morgan fingerprint density at radius 3 is 2.46 bits per heavy atom. The summed E-state index contributed by atoms with van der Waals surface area (Å²) in [5.41, 5.74) is 4.57. The number of carbonyl (C=O) groups excluding carboxylic acids is 2. The lowest BCUT2D eigenvalue weighted by Crippen LogP contribution is -2.18. The Kier molecular flexibility index (Phi) is 5.89. The van der Waals surface area contributed by atoms with Crippen LogP contribution >= 0.6 is 0 Å². The maximum Gasteiger partial charge on any atom is 0.251 e. The first-order valence-corrected chi connectivity index (χ1v) is 9.10. The Labute approximate surface area is 164 Å². The van der Waals surface area contributed by atoms with E-state index in [1.165, 1.54) is 11.1 Å². The molecule has 0 spiro atoms. The number of nitrogens with zero attached hydrogens (tertiary/aromatic N) is 1. The minimum Gasteiger partial charge on any atom is -0.441 e. The lowest BCUT2D eigenvalue weighted by atomic mass is 10.1. The Balaban J connectivity index is 1.55. The first-order valence-electron chi connectivity index (χ1n) is 9.10. The number of oxazole rings is 1. The molecule has 0 atom stereocenters. The molecule has 3 aromatic rings. The zero-order valence-corrected chi connectivity index (χ0v) is 16.2. The van der Waals surface area contributed by atoms with E-state index in [4.69, 9.17) is 4.42 Å². The Morgan fingerprint density at radius 2 is 1.79 bits per heavy atom. The summed E-state index contributed by atoms with van der Waals surface area (Å²) in [6.45, 7) is 4.12. The summed E-state index contributed by atoms with van der Waals surface area (Å²) in [5.74, 6) is 0.918. The third-order valence-corrected chi connectivity index (χ3v) is 4.57. The summed E-state index contributed by atoms with van der Waals surface area (Å²) in [4.78, 5) is 28.0. The average molecular weight is 377 g/mol. The van der Waals surface area contributed by atoms with E-state index in [-0.39, 0.29) is 18.2 Å². The van der Waals surface area contributed by atoms with Gasteiger partial charge in [0.2, 0.25) is 5.91 Å². The van der Waals surface area contributed by atoms with Crippen molar-refractivity contribution in [3.63, 3.8) is 0 Å². The fourth-order valence-corrected chi connectivity index (χ4v) is 2.75. The third-order valence-electron chi connectivity index (χ3n) is 4.57. The molecule has 0 unspecified atom stereocenters. The van der Waals surface area contributed by atoms with Crippen LogP contribution in [0, 0.1) is 13.8 Å². The summed E-state index contributed by atoms with van der Waals surface area (Å²) in [7, 11) is 1.58. The first-order chi connectivity index (χ1) is 13.5. The fourth-order valence-electron chi connectivity index (χ4n) is 2.75. The smallest absolute Gasteiger partial charge is 0.251 e. The molecular weight excluding hydrogens is 354 g/mol. The number of amides is 2. The summed E-state index contributed by atoms with van der Waals surface area (Å²) in [5, 5.41) is 5.36. The zero-order valence-electron chi connectivity index (χ0n) is 16.2. The number of aromatic nitrogens is 1. The quantitative estimate of drug-likeness (QED) is 0.683. The van der Waals surface area contributed by atoms with E-state index in [1.807, 2.05) is 6.07 Å². The molecule has 0 saturated carbocycles. The minimum atomic E-state index is -0.165. The van der Waals surface area contributed by atoms with Gasteiger partial charge in [-0.05, 0) is 55.3 Å². The number of nitrogens with one attached hydrogen (secondary N) is 2. The second-order valence-electron chi connectivity index (χ2n) is 6.62. The lowest BCUT2D eigenvalue weighted by molar-refractivity contribution is -0.116. The molecule has 1 heterocycles. The number of benzene rings is 2. The van der Waals surface area contributed by atoms with Crippen LogP contribution in [0.25, 0.3) is 11.3 Å². The SMILES string of the molecule is CNC(=O)c1ccc(NC(=O)CCc2ncc(-c3ccc(C)c(C)c3)o2)cc1. The molecule has 6 nitrogen and oxygen atoms in total. The number of carbonyl (C=O) groups is 2. The first kappa shape index (κ1) is 19.4. The Bertz CT molecular complexity index is 991. The van der Waals surface area contributed by atoms with Crippen LogP contribution in [0.1, 0.15) is 33.8 Å². The lowest BCUT2D eigenvalue weighted by Gasteiger charge is -2.05. The molecule has 2 amide bonds. The van der Waals surface area contributed by atoms with Crippen LogP contribution in [0.2, 0.25) is 0 Å². The predicted molar refractivity (Wildman–Crippen MR) is 108 cm³/mol. The molecular formula is C22H23N3O3. The topological polar surface area (TPSA) is 84.2 Å². The second-order valence-corrected chi connectivity index (χ2v) is 6.62. The van der Waals surface area contributed by atoms with Gasteiger partial charge in [0.25, 0.3) is 5.91 Å². The molecule has 144 valence electrons. The van der Waals surface area contributed by atoms with E-state index >= 15 is 0 Å². The third kappa shape index (κ3) is 4.65. The summed E-state index contributed by atoms with van der Waals surface area (Å²) in [6.07, 6.45) is 2.35. The fraction of sp³-hybridized carbons (Fsp3) is 0.227. The molecule has 0 aliphatic heterocycles. The molecule has 3 rings (SSSR count). The molecule has 0 radical (unpaired) electrons. The molecule has 2 N–H and O–H groups in total. The highest BCUT2D eigenvalue weighted by Crippen LogP contribution is 2.23. The van der Waals surface area contributed by atoms with Crippen molar-refractivity contribution < 1.29 is 14.0 Å². The highest BCUT2D eigenvalue weighted by Gasteiger charge is 2.10. The average Bonchev–Trinajstić information content (AvgIpc) is 3.17. The summed E-state index contributed by atoms with van der Waals surface area (Å²) >= 11 is 0. The molecule has 0 saturated heterocycles. The van der Waals surface area contributed by atoms with Gasteiger partial charge in [-0.2, -0.15) is 0 Å². The van der Waals surface area contributed by atoms with Crippen molar-refractivity contribution in [2.24, 2.45) is 0 Å². The molecule has 0 bridgehead atoms. The summed E-state index contributed by atoms with van der Waals surface area (Å²) < 4.78 is 5.78. The van der Waals surface area contributed by atoms with Gasteiger partial charge in [0.1, 0.15) is 0 Å². The van der Waals surface area contributed by atoms with Crippen LogP contribution in [0.3, 0.4) is 0 Å². The van der Waals surface area contributed by atoms with Gasteiger partial charge in [0, 0.05) is 36.7 Å². The van der Waals surface area contributed by atoms with E-state index in [1.54, 1.807) is 37.5 Å². The van der Waals surface area contributed by atoms with Gasteiger partial charge >= 0.3 is 0 Å². The van der Waals surface area contributed by atoms with E-state index in [9.17, 15) is 9.59 Å².